The van der Waals surface area contributed by atoms with Crippen molar-refractivity contribution in [3.05, 3.63) is 59.8 Å². The molecule has 254 valence electrons. The molecule has 0 unspecified atom stereocenters. The molecule has 2 aliphatic carbocycles. The predicted molar refractivity (Wildman–Crippen MR) is 185 cm³/mol. The van der Waals surface area contributed by atoms with E-state index in [0.717, 1.165) is 62.7 Å². The summed E-state index contributed by atoms with van der Waals surface area (Å²) >= 11 is 0. The fourth-order valence-electron chi connectivity index (χ4n) is 7.02. The zero-order valence-electron chi connectivity index (χ0n) is 27.9. The largest absolute Gasteiger partial charge is 0.495 e. The van der Waals surface area contributed by atoms with E-state index < -0.39 is 6.04 Å². The summed E-state index contributed by atoms with van der Waals surface area (Å²) in [6, 6.07) is 11.6. The molecule has 0 spiro atoms. The first-order chi connectivity index (χ1) is 23.2. The van der Waals surface area contributed by atoms with Crippen molar-refractivity contribution in [2.45, 2.75) is 95.4 Å². The number of nitrogens with two attached hydrogens (primary N) is 1. The van der Waals surface area contributed by atoms with E-state index in [1.165, 1.54) is 7.11 Å². The second kappa shape index (κ2) is 14.6. The van der Waals surface area contributed by atoms with Gasteiger partial charge in [-0.15, -0.1) is 0 Å². The SMILES string of the molecule is CC[C@@H]1C(=O)N(C)c2cnc(Nc3ccc(C(=O)Nc4ccc(C[C@H](N)C(=O)OC5CCCC5)cc4)cc3OC)nc2N1C1CCCC1. The number of fused-ring (bicyclic) bond motifs is 1. The lowest BCUT2D eigenvalue weighted by Crippen LogP contribution is -2.55. The Bertz CT molecular complexity index is 1640. The molecular weight excluding hydrogens is 610 g/mol. The van der Waals surface area contributed by atoms with E-state index in [9.17, 15) is 14.4 Å². The van der Waals surface area contributed by atoms with Gasteiger partial charge < -0.3 is 35.6 Å². The Kier molecular flexibility index (Phi) is 10.1. The first-order valence-electron chi connectivity index (χ1n) is 17.0. The van der Waals surface area contributed by atoms with Crippen LogP contribution in [0, 0.1) is 0 Å². The molecular formula is C36H45N7O5. The van der Waals surface area contributed by atoms with Crippen molar-refractivity contribution in [2.24, 2.45) is 5.73 Å². The highest BCUT2D eigenvalue weighted by Crippen LogP contribution is 2.40. The van der Waals surface area contributed by atoms with Gasteiger partial charge in [0.25, 0.3) is 5.91 Å². The van der Waals surface area contributed by atoms with Gasteiger partial charge >= 0.3 is 5.97 Å². The number of carbonyl (C=O) groups is 3. The molecule has 2 saturated carbocycles. The number of methoxy groups -OCH3 is 1. The van der Waals surface area contributed by atoms with Gasteiger partial charge in [-0.2, -0.15) is 4.98 Å². The van der Waals surface area contributed by atoms with Crippen LogP contribution in [0.1, 0.15) is 80.6 Å². The Morgan fingerprint density at radius 2 is 1.75 bits per heavy atom. The molecule has 12 heteroatoms. The number of nitrogens with zero attached hydrogens (tertiary/aromatic N) is 4. The fraction of sp³-hybridized carbons (Fsp3) is 0.472. The van der Waals surface area contributed by atoms with Crippen LogP contribution in [-0.4, -0.2) is 66.1 Å². The standard InChI is InChI=1S/C36H45N7O5/c1-4-29-34(45)42(2)30-21-38-36(41-32(30)43(29)25-9-5-6-10-25)40-28-18-15-23(20-31(28)47-3)33(44)39-24-16-13-22(14-17-24)19-27(37)35(46)48-26-11-7-8-12-26/h13-18,20-21,25-27,29H,4-12,19,37H2,1-3H3,(H,39,44)(H,38,40,41)/t27-,29+/m0/s1. The van der Waals surface area contributed by atoms with Crippen LogP contribution in [0.2, 0.25) is 0 Å². The maximum Gasteiger partial charge on any atom is 0.323 e. The van der Waals surface area contributed by atoms with Crippen LogP contribution in [0.5, 0.6) is 5.75 Å². The number of rotatable bonds is 11. The third kappa shape index (κ3) is 7.08. The highest BCUT2D eigenvalue weighted by Gasteiger charge is 2.41. The Hall–Kier alpha value is -4.71. The summed E-state index contributed by atoms with van der Waals surface area (Å²) in [6.07, 6.45) is 11.0. The molecule has 0 saturated heterocycles. The number of nitrogens with one attached hydrogen (secondary N) is 2. The lowest BCUT2D eigenvalue weighted by atomic mass is 10.0. The molecule has 2 aromatic carbocycles. The van der Waals surface area contributed by atoms with Crippen LogP contribution in [0.15, 0.2) is 48.7 Å². The summed E-state index contributed by atoms with van der Waals surface area (Å²) in [6.45, 7) is 2.04. The smallest absolute Gasteiger partial charge is 0.323 e. The summed E-state index contributed by atoms with van der Waals surface area (Å²) in [5.74, 6) is 0.957. The molecule has 1 aliphatic heterocycles. The molecule has 3 aliphatic rings. The molecule has 1 aromatic heterocycles. The molecule has 0 radical (unpaired) electrons. The number of amides is 2. The molecule has 2 heterocycles. The van der Waals surface area contributed by atoms with Crippen molar-refractivity contribution < 1.29 is 23.9 Å². The van der Waals surface area contributed by atoms with Gasteiger partial charge in [-0.3, -0.25) is 14.4 Å². The van der Waals surface area contributed by atoms with Crippen molar-refractivity contribution in [3.63, 3.8) is 0 Å². The van der Waals surface area contributed by atoms with Gasteiger partial charge in [0.05, 0.1) is 19.0 Å². The minimum absolute atomic E-state index is 0.0159. The van der Waals surface area contributed by atoms with Crippen LogP contribution >= 0.6 is 0 Å². The van der Waals surface area contributed by atoms with Gasteiger partial charge in [0, 0.05) is 24.3 Å². The average molecular weight is 656 g/mol. The van der Waals surface area contributed by atoms with Crippen LogP contribution in [0.4, 0.5) is 28.8 Å². The van der Waals surface area contributed by atoms with E-state index in [1.807, 2.05) is 19.1 Å². The average Bonchev–Trinajstić information content (AvgIpc) is 3.82. The van der Waals surface area contributed by atoms with Crippen molar-refractivity contribution in [1.29, 1.82) is 0 Å². The first-order valence-corrected chi connectivity index (χ1v) is 17.0. The quantitative estimate of drug-likeness (QED) is 0.231. The summed E-state index contributed by atoms with van der Waals surface area (Å²) < 4.78 is 11.2. The first kappa shape index (κ1) is 33.2. The normalized spacial score (nSPS) is 18.8. The molecule has 48 heavy (non-hydrogen) atoms. The minimum atomic E-state index is -0.734. The van der Waals surface area contributed by atoms with Gasteiger partial charge in [0.1, 0.15) is 29.6 Å². The van der Waals surface area contributed by atoms with Crippen molar-refractivity contribution in [2.75, 3.05) is 34.6 Å². The van der Waals surface area contributed by atoms with E-state index >= 15 is 0 Å². The molecule has 4 N–H and O–H groups in total. The third-order valence-corrected chi connectivity index (χ3v) is 9.68. The summed E-state index contributed by atoms with van der Waals surface area (Å²) in [7, 11) is 3.32. The highest BCUT2D eigenvalue weighted by molar-refractivity contribution is 6.05. The van der Waals surface area contributed by atoms with E-state index in [-0.39, 0.29) is 36.0 Å². The monoisotopic (exact) mass is 655 g/mol. The van der Waals surface area contributed by atoms with Crippen molar-refractivity contribution in [1.82, 2.24) is 9.97 Å². The van der Waals surface area contributed by atoms with Crippen LogP contribution in [0.25, 0.3) is 0 Å². The Labute approximate surface area is 281 Å². The van der Waals surface area contributed by atoms with E-state index in [4.69, 9.17) is 20.2 Å². The van der Waals surface area contributed by atoms with Crippen molar-refractivity contribution >= 4 is 46.6 Å². The van der Waals surface area contributed by atoms with E-state index in [2.05, 4.69) is 20.5 Å². The minimum Gasteiger partial charge on any atom is -0.495 e. The van der Waals surface area contributed by atoms with Crippen LogP contribution in [-0.2, 0) is 20.7 Å². The summed E-state index contributed by atoms with van der Waals surface area (Å²) in [5, 5.41) is 6.17. The molecule has 0 bridgehead atoms. The highest BCUT2D eigenvalue weighted by atomic mass is 16.5. The Morgan fingerprint density at radius 1 is 1.04 bits per heavy atom. The zero-order valence-corrected chi connectivity index (χ0v) is 27.9. The molecule has 2 fully saturated rings. The van der Waals surface area contributed by atoms with Crippen molar-refractivity contribution in [3.8, 4) is 5.75 Å². The van der Waals surface area contributed by atoms with Gasteiger partial charge in [0.15, 0.2) is 5.82 Å². The van der Waals surface area contributed by atoms with E-state index in [0.29, 0.717) is 47.2 Å². The number of esters is 1. The number of anilines is 5. The number of likely N-dealkylation sites (N-methyl/N-ethyl adjacent to an activating group) is 1. The Balaban J connectivity index is 1.12. The van der Waals surface area contributed by atoms with Crippen LogP contribution < -0.4 is 30.9 Å². The van der Waals surface area contributed by atoms with Crippen LogP contribution in [0.3, 0.4) is 0 Å². The second-order valence-electron chi connectivity index (χ2n) is 12.9. The number of hydrogen-bond acceptors (Lipinski definition) is 10. The summed E-state index contributed by atoms with van der Waals surface area (Å²) in [5.41, 5.74) is 9.29. The lowest BCUT2D eigenvalue weighted by Gasteiger charge is -2.43. The molecule has 3 aromatic rings. The maximum atomic E-state index is 13.2. The van der Waals surface area contributed by atoms with Gasteiger partial charge in [0.2, 0.25) is 11.9 Å². The van der Waals surface area contributed by atoms with E-state index in [1.54, 1.807) is 48.5 Å². The summed E-state index contributed by atoms with van der Waals surface area (Å²) in [4.78, 5) is 52.1. The number of aromatic nitrogens is 2. The molecule has 12 nitrogen and oxygen atoms in total. The number of ether oxygens (including phenoxy) is 2. The van der Waals surface area contributed by atoms with Gasteiger partial charge in [-0.25, -0.2) is 4.98 Å². The fourth-order valence-corrected chi connectivity index (χ4v) is 7.02. The van der Waals surface area contributed by atoms with Gasteiger partial charge in [-0.1, -0.05) is 31.9 Å². The number of benzene rings is 2. The molecule has 2 amide bonds. The van der Waals surface area contributed by atoms with Gasteiger partial charge in [-0.05, 0) is 87.3 Å². The number of hydrogen-bond donors (Lipinski definition) is 3. The maximum absolute atomic E-state index is 13.2. The third-order valence-electron chi connectivity index (χ3n) is 9.68. The lowest BCUT2D eigenvalue weighted by molar-refractivity contribution is -0.150. The predicted octanol–water partition coefficient (Wildman–Crippen LogP) is 5.34. The zero-order chi connectivity index (χ0) is 33.8. The topological polar surface area (TPSA) is 152 Å². The molecule has 2 atom stereocenters. The second-order valence-corrected chi connectivity index (χ2v) is 12.9. The number of carbonyl (C=O) groups excluding carboxylic acids is 3. The molecule has 6 rings (SSSR count). The Morgan fingerprint density at radius 3 is 2.44 bits per heavy atom.